The van der Waals surface area contributed by atoms with Gasteiger partial charge in [0.25, 0.3) is 0 Å². The van der Waals surface area contributed by atoms with E-state index in [1.165, 1.54) is 0 Å². The molecule has 9 nitrogen and oxygen atoms in total. The minimum absolute atomic E-state index is 0.0204. The van der Waals surface area contributed by atoms with Gasteiger partial charge in [-0.1, -0.05) is 44.7 Å². The minimum Gasteiger partial charge on any atom is -0.466 e. The fraction of sp³-hybridized carbons (Fsp3) is 0.600. The highest BCUT2D eigenvalue weighted by atomic mass is 16.6. The third kappa shape index (κ3) is 10.0. The van der Waals surface area contributed by atoms with Crippen molar-refractivity contribution in [3.05, 3.63) is 42.0 Å². The van der Waals surface area contributed by atoms with Crippen LogP contribution in [-0.4, -0.2) is 59.6 Å². The Morgan fingerprint density at radius 3 is 2.41 bits per heavy atom. The number of nitrogens with zero attached hydrogens (tertiary/aromatic N) is 1. The molecule has 1 aromatic rings. The number of rotatable bonds is 13. The van der Waals surface area contributed by atoms with Crippen molar-refractivity contribution in [3.63, 3.8) is 0 Å². The molecule has 0 radical (unpaired) electrons. The third-order valence-electron chi connectivity index (χ3n) is 6.34. The van der Waals surface area contributed by atoms with E-state index < -0.39 is 35.7 Å². The van der Waals surface area contributed by atoms with Crippen molar-refractivity contribution in [1.82, 2.24) is 15.5 Å². The fourth-order valence-electron chi connectivity index (χ4n) is 4.42. The van der Waals surface area contributed by atoms with Crippen LogP contribution >= 0.6 is 0 Å². The second-order valence-corrected chi connectivity index (χ2v) is 11.3. The highest BCUT2D eigenvalue weighted by Crippen LogP contribution is 2.34. The summed E-state index contributed by atoms with van der Waals surface area (Å²) in [6.07, 6.45) is 3.84. The van der Waals surface area contributed by atoms with Gasteiger partial charge in [-0.3, -0.25) is 14.4 Å². The molecule has 2 rings (SSSR count). The maximum absolute atomic E-state index is 14.2. The monoisotopic (exact) mass is 543 g/mol. The summed E-state index contributed by atoms with van der Waals surface area (Å²) < 4.78 is 10.4. The van der Waals surface area contributed by atoms with Gasteiger partial charge in [0.05, 0.1) is 13.0 Å². The quantitative estimate of drug-likeness (QED) is 0.347. The zero-order chi connectivity index (χ0) is 29.2. The Labute approximate surface area is 232 Å². The topological polar surface area (TPSA) is 114 Å². The molecular weight excluding hydrogens is 498 g/mol. The summed E-state index contributed by atoms with van der Waals surface area (Å²) >= 11 is 0. The summed E-state index contributed by atoms with van der Waals surface area (Å²) in [6.45, 7) is 15.1. The predicted molar refractivity (Wildman–Crippen MR) is 151 cm³/mol. The Morgan fingerprint density at radius 1 is 1.18 bits per heavy atom. The van der Waals surface area contributed by atoms with Crippen LogP contribution in [-0.2, 0) is 23.9 Å². The Bertz CT molecular complexity index is 1010. The van der Waals surface area contributed by atoms with Gasteiger partial charge in [0.1, 0.15) is 17.7 Å². The maximum Gasteiger partial charge on any atom is 0.408 e. The van der Waals surface area contributed by atoms with Crippen LogP contribution in [0.1, 0.15) is 90.8 Å². The van der Waals surface area contributed by atoms with Crippen LogP contribution in [0.3, 0.4) is 0 Å². The van der Waals surface area contributed by atoms with E-state index >= 15 is 0 Å². The van der Waals surface area contributed by atoms with E-state index in [9.17, 15) is 19.2 Å². The van der Waals surface area contributed by atoms with E-state index in [0.29, 0.717) is 12.0 Å². The molecule has 2 N–H and O–H groups in total. The van der Waals surface area contributed by atoms with Crippen molar-refractivity contribution < 1.29 is 28.7 Å². The van der Waals surface area contributed by atoms with Crippen molar-refractivity contribution in [3.8, 4) is 0 Å². The van der Waals surface area contributed by atoms with Gasteiger partial charge in [-0.2, -0.15) is 0 Å². The lowest BCUT2D eigenvalue weighted by Gasteiger charge is -2.44. The van der Waals surface area contributed by atoms with Gasteiger partial charge in [-0.15, -0.1) is 0 Å². The summed E-state index contributed by atoms with van der Waals surface area (Å²) in [5.41, 5.74) is 0.709. The van der Waals surface area contributed by atoms with Crippen LogP contribution < -0.4 is 10.6 Å². The molecule has 0 aliphatic heterocycles. The number of amides is 3. The van der Waals surface area contributed by atoms with Crippen molar-refractivity contribution in [2.75, 3.05) is 13.2 Å². The fourth-order valence-corrected chi connectivity index (χ4v) is 4.42. The van der Waals surface area contributed by atoms with Crippen LogP contribution in [0, 0.1) is 5.92 Å². The van der Waals surface area contributed by atoms with E-state index in [-0.39, 0.29) is 37.4 Å². The first-order valence-corrected chi connectivity index (χ1v) is 13.8. The molecule has 1 aromatic carbocycles. The first-order valence-electron chi connectivity index (χ1n) is 13.8. The normalized spacial score (nSPS) is 14.9. The van der Waals surface area contributed by atoms with E-state index in [4.69, 9.17) is 9.47 Å². The van der Waals surface area contributed by atoms with Gasteiger partial charge in [-0.05, 0) is 76.5 Å². The molecule has 216 valence electrons. The molecule has 1 aliphatic rings. The van der Waals surface area contributed by atoms with Crippen molar-refractivity contribution in [2.24, 2.45) is 5.92 Å². The molecule has 0 heterocycles. The average molecular weight is 544 g/mol. The van der Waals surface area contributed by atoms with E-state index in [2.05, 4.69) is 17.2 Å². The van der Waals surface area contributed by atoms with Gasteiger partial charge < -0.3 is 25.0 Å². The van der Waals surface area contributed by atoms with Crippen molar-refractivity contribution >= 4 is 30.0 Å². The SMILES string of the molecule is C=Cc1cccc(C(C(=O)NCCC(=O)OCC)N(C(=O)C(CC(C)C)NC(=O)OC(C)(C)C)C2CCC2)c1. The van der Waals surface area contributed by atoms with Crippen molar-refractivity contribution in [2.45, 2.75) is 97.4 Å². The van der Waals surface area contributed by atoms with Crippen LogP contribution in [0.25, 0.3) is 6.08 Å². The average Bonchev–Trinajstić information content (AvgIpc) is 2.80. The second kappa shape index (κ2) is 14.7. The van der Waals surface area contributed by atoms with Crippen LogP contribution in [0.2, 0.25) is 0 Å². The Kier molecular flexibility index (Phi) is 12.0. The molecule has 1 fully saturated rings. The van der Waals surface area contributed by atoms with Gasteiger partial charge in [0, 0.05) is 12.6 Å². The number of ether oxygens (including phenoxy) is 2. The molecular formula is C30H45N3O6. The lowest BCUT2D eigenvalue weighted by atomic mass is 9.87. The largest absolute Gasteiger partial charge is 0.466 e. The minimum atomic E-state index is -0.958. The lowest BCUT2D eigenvalue weighted by Crippen LogP contribution is -2.57. The number of esters is 1. The molecule has 3 amide bonds. The Morgan fingerprint density at radius 2 is 1.87 bits per heavy atom. The summed E-state index contributed by atoms with van der Waals surface area (Å²) in [7, 11) is 0. The number of alkyl carbamates (subject to hydrolysis) is 1. The summed E-state index contributed by atoms with van der Waals surface area (Å²) in [6, 6.07) is 5.33. The molecule has 39 heavy (non-hydrogen) atoms. The number of hydrogen-bond donors (Lipinski definition) is 2. The Hall–Kier alpha value is -3.36. The molecule has 9 heteroatoms. The van der Waals surface area contributed by atoms with Gasteiger partial charge in [0.2, 0.25) is 11.8 Å². The number of nitrogens with one attached hydrogen (secondary N) is 2. The number of benzene rings is 1. The highest BCUT2D eigenvalue weighted by Gasteiger charge is 2.42. The van der Waals surface area contributed by atoms with Gasteiger partial charge in [-0.25, -0.2) is 4.79 Å². The molecule has 0 spiro atoms. The maximum atomic E-state index is 14.2. The molecule has 1 saturated carbocycles. The zero-order valence-corrected chi connectivity index (χ0v) is 24.2. The number of carbonyl (C=O) groups excluding carboxylic acids is 4. The Balaban J connectivity index is 2.45. The van der Waals surface area contributed by atoms with Crippen LogP contribution in [0.4, 0.5) is 4.79 Å². The molecule has 0 saturated heterocycles. The standard InChI is InChI=1S/C30H45N3O6/c1-8-21-12-10-13-22(19-21)26(27(35)31-17-16-25(34)38-9-2)33(23-14-11-15-23)28(36)24(18-20(3)4)32-29(37)39-30(5,6)7/h8,10,12-13,19-20,23-24,26H,1,9,11,14-18H2,2-7H3,(H,31,35)(H,32,37). The first kappa shape index (κ1) is 31.9. The molecule has 0 bridgehead atoms. The van der Waals surface area contributed by atoms with Crippen LogP contribution in [0.15, 0.2) is 30.8 Å². The number of hydrogen-bond acceptors (Lipinski definition) is 6. The van der Waals surface area contributed by atoms with E-state index in [1.807, 2.05) is 32.0 Å². The van der Waals surface area contributed by atoms with Crippen LogP contribution in [0.5, 0.6) is 0 Å². The molecule has 1 aliphatic carbocycles. The molecule has 0 aromatic heterocycles. The second-order valence-electron chi connectivity index (χ2n) is 11.3. The van der Waals surface area contributed by atoms with Gasteiger partial charge >= 0.3 is 12.1 Å². The van der Waals surface area contributed by atoms with Gasteiger partial charge in [0.15, 0.2) is 0 Å². The van der Waals surface area contributed by atoms with E-state index in [1.54, 1.807) is 44.7 Å². The summed E-state index contributed by atoms with van der Waals surface area (Å²) in [4.78, 5) is 54.1. The first-order chi connectivity index (χ1) is 18.4. The number of carbonyl (C=O) groups is 4. The van der Waals surface area contributed by atoms with Crippen molar-refractivity contribution in [1.29, 1.82) is 0 Å². The zero-order valence-electron chi connectivity index (χ0n) is 24.2. The highest BCUT2D eigenvalue weighted by molar-refractivity contribution is 5.92. The smallest absolute Gasteiger partial charge is 0.408 e. The summed E-state index contributed by atoms with van der Waals surface area (Å²) in [5.74, 6) is -1.05. The van der Waals surface area contributed by atoms with E-state index in [0.717, 1.165) is 24.8 Å². The summed E-state index contributed by atoms with van der Waals surface area (Å²) in [5, 5.41) is 5.59. The third-order valence-corrected chi connectivity index (χ3v) is 6.34. The molecule has 2 atom stereocenters. The molecule has 2 unspecified atom stereocenters. The lowest BCUT2D eigenvalue weighted by molar-refractivity contribution is -0.148. The predicted octanol–water partition coefficient (Wildman–Crippen LogP) is 4.76.